The molecule has 29 heavy (non-hydrogen) atoms. The Bertz CT molecular complexity index is 788. The monoisotopic (exact) mass is 404 g/mol. The second-order valence-electron chi connectivity index (χ2n) is 7.12. The Morgan fingerprint density at radius 3 is 2.34 bits per heavy atom. The van der Waals surface area contributed by atoms with E-state index in [0.29, 0.717) is 35.2 Å². The highest BCUT2D eigenvalue weighted by Crippen LogP contribution is 2.40. The lowest BCUT2D eigenvalue weighted by Crippen LogP contribution is -2.11. The summed E-state index contributed by atoms with van der Waals surface area (Å²) in [5.74, 6) is 2.36. The van der Waals surface area contributed by atoms with E-state index in [-0.39, 0.29) is 24.4 Å². The minimum Gasteiger partial charge on any atom is -0.493 e. The molecule has 158 valence electrons. The van der Waals surface area contributed by atoms with E-state index in [1.165, 1.54) is 53.4 Å². The fourth-order valence-electron chi connectivity index (χ4n) is 3.65. The SMILES string of the molecule is COc1cc(-c2nnc(COC(=O)CCC3CCCCC3)o2)cc(OC)c1OC. The third kappa shape index (κ3) is 5.40. The van der Waals surface area contributed by atoms with Gasteiger partial charge in [0.05, 0.1) is 21.3 Å². The minimum absolute atomic E-state index is 0.0407. The van der Waals surface area contributed by atoms with E-state index in [0.717, 1.165) is 6.42 Å². The number of benzene rings is 1. The Balaban J connectivity index is 1.58. The van der Waals surface area contributed by atoms with Crippen molar-refractivity contribution in [1.82, 2.24) is 10.2 Å². The summed E-state index contributed by atoms with van der Waals surface area (Å²) in [7, 11) is 4.60. The van der Waals surface area contributed by atoms with Crippen LogP contribution in [-0.2, 0) is 16.1 Å². The Kier molecular flexibility index (Phi) is 7.32. The summed E-state index contributed by atoms with van der Waals surface area (Å²) in [6, 6.07) is 3.43. The van der Waals surface area contributed by atoms with Gasteiger partial charge in [0.25, 0.3) is 5.89 Å². The average Bonchev–Trinajstić information content (AvgIpc) is 3.25. The van der Waals surface area contributed by atoms with Crippen molar-refractivity contribution in [2.45, 2.75) is 51.6 Å². The molecule has 0 radical (unpaired) electrons. The molecule has 0 N–H and O–H groups in total. The first-order chi connectivity index (χ1) is 14.1. The molecule has 1 aliphatic carbocycles. The lowest BCUT2D eigenvalue weighted by molar-refractivity contribution is -0.146. The maximum atomic E-state index is 12.0. The Morgan fingerprint density at radius 2 is 1.72 bits per heavy atom. The van der Waals surface area contributed by atoms with E-state index in [2.05, 4.69) is 10.2 Å². The zero-order valence-corrected chi connectivity index (χ0v) is 17.2. The second-order valence-corrected chi connectivity index (χ2v) is 7.12. The summed E-state index contributed by atoms with van der Waals surface area (Å²) in [6.45, 7) is -0.0407. The van der Waals surface area contributed by atoms with Gasteiger partial charge >= 0.3 is 5.97 Å². The normalized spacial score (nSPS) is 14.4. The number of ether oxygens (including phenoxy) is 4. The number of nitrogens with zero attached hydrogens (tertiary/aromatic N) is 2. The molecule has 1 saturated carbocycles. The molecule has 0 aliphatic heterocycles. The zero-order chi connectivity index (χ0) is 20.6. The van der Waals surface area contributed by atoms with Crippen molar-refractivity contribution >= 4 is 5.97 Å². The highest BCUT2D eigenvalue weighted by Gasteiger charge is 2.19. The number of aromatic nitrogens is 2. The first kappa shape index (κ1) is 21.0. The van der Waals surface area contributed by atoms with Gasteiger partial charge in [-0.3, -0.25) is 4.79 Å². The largest absolute Gasteiger partial charge is 0.493 e. The number of methoxy groups -OCH3 is 3. The van der Waals surface area contributed by atoms with Gasteiger partial charge in [-0.1, -0.05) is 32.1 Å². The summed E-state index contributed by atoms with van der Waals surface area (Å²) in [4.78, 5) is 12.0. The fourth-order valence-corrected chi connectivity index (χ4v) is 3.65. The van der Waals surface area contributed by atoms with Crippen molar-refractivity contribution in [2.24, 2.45) is 5.92 Å². The van der Waals surface area contributed by atoms with Gasteiger partial charge in [0, 0.05) is 12.0 Å². The van der Waals surface area contributed by atoms with Crippen LogP contribution in [0.5, 0.6) is 17.2 Å². The van der Waals surface area contributed by atoms with E-state index in [9.17, 15) is 4.79 Å². The molecule has 3 rings (SSSR count). The lowest BCUT2D eigenvalue weighted by Gasteiger charge is -2.20. The van der Waals surface area contributed by atoms with Crippen LogP contribution in [0.15, 0.2) is 16.5 Å². The van der Waals surface area contributed by atoms with Crippen LogP contribution >= 0.6 is 0 Å². The molecule has 2 aromatic rings. The number of rotatable bonds is 9. The maximum absolute atomic E-state index is 12.0. The predicted octanol–water partition coefficient (Wildman–Crippen LogP) is 4.17. The summed E-state index contributed by atoms with van der Waals surface area (Å²) >= 11 is 0. The van der Waals surface area contributed by atoms with Gasteiger partial charge in [0.1, 0.15) is 0 Å². The van der Waals surface area contributed by atoms with Gasteiger partial charge in [0.2, 0.25) is 11.6 Å². The molecule has 1 heterocycles. The van der Waals surface area contributed by atoms with E-state index in [1.54, 1.807) is 12.1 Å². The quantitative estimate of drug-likeness (QED) is 0.575. The van der Waals surface area contributed by atoms with Gasteiger partial charge in [-0.05, 0) is 24.5 Å². The standard InChI is InChI=1S/C21H28N2O6/c1-25-16-11-15(12-17(26-2)20(16)27-3)21-23-22-18(29-21)13-28-19(24)10-9-14-7-5-4-6-8-14/h11-12,14H,4-10,13H2,1-3H3. The van der Waals surface area contributed by atoms with Crippen LogP contribution in [0.25, 0.3) is 11.5 Å². The van der Waals surface area contributed by atoms with Crippen LogP contribution < -0.4 is 14.2 Å². The Hall–Kier alpha value is -2.77. The van der Waals surface area contributed by atoms with Gasteiger partial charge in [-0.2, -0.15) is 0 Å². The molecule has 8 heteroatoms. The molecule has 0 unspecified atom stereocenters. The zero-order valence-electron chi connectivity index (χ0n) is 17.2. The van der Waals surface area contributed by atoms with Crippen LogP contribution in [-0.4, -0.2) is 37.5 Å². The Morgan fingerprint density at radius 1 is 1.03 bits per heavy atom. The number of carbonyl (C=O) groups excluding carboxylic acids is 1. The third-order valence-corrected chi connectivity index (χ3v) is 5.22. The van der Waals surface area contributed by atoms with Gasteiger partial charge in [-0.15, -0.1) is 10.2 Å². The van der Waals surface area contributed by atoms with Crippen molar-refractivity contribution in [3.8, 4) is 28.7 Å². The summed E-state index contributed by atoms with van der Waals surface area (Å²) in [6.07, 6.45) is 7.60. The molecule has 1 aliphatic rings. The molecule has 8 nitrogen and oxygen atoms in total. The topological polar surface area (TPSA) is 92.9 Å². The second kappa shape index (κ2) is 10.1. The van der Waals surface area contributed by atoms with E-state index >= 15 is 0 Å². The first-order valence-corrected chi connectivity index (χ1v) is 9.93. The number of hydrogen-bond acceptors (Lipinski definition) is 8. The Labute approximate surface area is 170 Å². The molecule has 1 fully saturated rings. The van der Waals surface area contributed by atoms with Crippen LogP contribution in [0, 0.1) is 5.92 Å². The highest BCUT2D eigenvalue weighted by atomic mass is 16.5. The molecule has 1 aromatic heterocycles. The van der Waals surface area contributed by atoms with Crippen LogP contribution in [0.4, 0.5) is 0 Å². The third-order valence-electron chi connectivity index (χ3n) is 5.22. The molecule has 0 amide bonds. The molecule has 0 atom stereocenters. The molecule has 0 bridgehead atoms. The smallest absolute Gasteiger partial charge is 0.306 e. The van der Waals surface area contributed by atoms with Crippen molar-refractivity contribution in [1.29, 1.82) is 0 Å². The van der Waals surface area contributed by atoms with Crippen molar-refractivity contribution in [3.63, 3.8) is 0 Å². The van der Waals surface area contributed by atoms with Gasteiger partial charge in [0.15, 0.2) is 18.1 Å². The first-order valence-electron chi connectivity index (χ1n) is 9.93. The maximum Gasteiger partial charge on any atom is 0.306 e. The fraction of sp³-hybridized carbons (Fsp3) is 0.571. The van der Waals surface area contributed by atoms with Gasteiger partial charge in [-0.25, -0.2) is 0 Å². The minimum atomic E-state index is -0.233. The summed E-state index contributed by atoms with van der Waals surface area (Å²) in [5.41, 5.74) is 0.613. The summed E-state index contributed by atoms with van der Waals surface area (Å²) in [5, 5.41) is 7.99. The van der Waals surface area contributed by atoms with Crippen molar-refractivity contribution in [3.05, 3.63) is 18.0 Å². The van der Waals surface area contributed by atoms with Crippen LogP contribution in [0.1, 0.15) is 50.8 Å². The highest BCUT2D eigenvalue weighted by molar-refractivity contribution is 5.69. The lowest BCUT2D eigenvalue weighted by atomic mass is 9.86. The predicted molar refractivity (Wildman–Crippen MR) is 105 cm³/mol. The number of esters is 1. The van der Waals surface area contributed by atoms with E-state index in [4.69, 9.17) is 23.4 Å². The molecule has 1 aromatic carbocycles. The van der Waals surface area contributed by atoms with Crippen LogP contribution in [0.3, 0.4) is 0 Å². The molecule has 0 saturated heterocycles. The van der Waals surface area contributed by atoms with Gasteiger partial charge < -0.3 is 23.4 Å². The molecular weight excluding hydrogens is 376 g/mol. The van der Waals surface area contributed by atoms with Crippen molar-refractivity contribution in [2.75, 3.05) is 21.3 Å². The molecular formula is C21H28N2O6. The summed E-state index contributed by atoms with van der Waals surface area (Å²) < 4.78 is 26.9. The number of carbonyl (C=O) groups is 1. The van der Waals surface area contributed by atoms with E-state index < -0.39 is 0 Å². The average molecular weight is 404 g/mol. The van der Waals surface area contributed by atoms with Crippen molar-refractivity contribution < 1.29 is 28.2 Å². The van der Waals surface area contributed by atoms with Crippen LogP contribution in [0.2, 0.25) is 0 Å². The number of hydrogen-bond donors (Lipinski definition) is 0. The molecule has 0 spiro atoms. The van der Waals surface area contributed by atoms with E-state index in [1.807, 2.05) is 0 Å².